The Kier molecular flexibility index (Phi) is 19.7. The number of anilines is 3. The molecule has 0 aliphatic heterocycles. The number of halogens is 3. The highest BCUT2D eigenvalue weighted by molar-refractivity contribution is 9.11. The van der Waals surface area contributed by atoms with Crippen LogP contribution in [0.3, 0.4) is 0 Å². The number of hydrogen-bond acceptors (Lipinski definition) is 19. The molecule has 0 radical (unpaired) electrons. The van der Waals surface area contributed by atoms with Crippen LogP contribution in [0.5, 0.6) is 17.2 Å². The summed E-state index contributed by atoms with van der Waals surface area (Å²) in [7, 11) is -4.71. The summed E-state index contributed by atoms with van der Waals surface area (Å²) >= 11 is 16.5. The Labute approximate surface area is 626 Å². The monoisotopic (exact) mass is 1640 g/mol. The zero-order valence-corrected chi connectivity index (χ0v) is 65.8. The van der Waals surface area contributed by atoms with E-state index in [0.717, 1.165) is 106 Å². The molecule has 6 saturated carbocycles. The third-order valence-corrected chi connectivity index (χ3v) is 32.2. The average Bonchev–Trinajstić information content (AvgIpc) is 1.63. The van der Waals surface area contributed by atoms with Crippen molar-refractivity contribution in [3.8, 4) is 17.2 Å². The number of aryl methyl sites for hydroxylation is 3. The zero-order valence-electron chi connectivity index (χ0n) is 57.7. The lowest BCUT2D eigenvalue weighted by atomic mass is 9.54. The number of hydrogen-bond donors (Lipinski definition) is 6. The predicted molar refractivity (Wildman–Crippen MR) is 404 cm³/mol. The first-order valence-corrected chi connectivity index (χ1v) is 42.2. The molecule has 6 N–H and O–H groups in total. The summed E-state index contributed by atoms with van der Waals surface area (Å²) in [6, 6.07) is 12.0. The van der Waals surface area contributed by atoms with Gasteiger partial charge in [-0.1, -0.05) is 54.4 Å². The van der Waals surface area contributed by atoms with Crippen LogP contribution in [0.25, 0.3) is 0 Å². The number of phosphoric ester groups is 1. The van der Waals surface area contributed by atoms with Crippen LogP contribution in [0, 0.1) is 90.3 Å². The molecule has 26 heteroatoms. The molecule has 3 amide bonds. The van der Waals surface area contributed by atoms with E-state index >= 15 is 4.57 Å². The second-order valence-electron chi connectivity index (χ2n) is 31.1. The lowest BCUT2D eigenvalue weighted by Crippen LogP contribution is -2.44. The number of fused-ring (bicyclic) bond motifs is 15. The third-order valence-electron chi connectivity index (χ3n) is 25.9. The molecule has 15 atom stereocenters. The fraction of sp³-hybridized carbons (Fsp3) is 0.560. The number of nitrogens with zero attached hydrogens (tertiary/aromatic N) is 6. The van der Waals surface area contributed by atoms with E-state index in [4.69, 9.17) is 13.6 Å². The summed E-state index contributed by atoms with van der Waals surface area (Å²) in [5.74, 6) is 3.17. The van der Waals surface area contributed by atoms with Gasteiger partial charge in [-0.15, -0.1) is 34.0 Å². The standard InChI is InChI=1S/C75H87Br3N9O10PS3/c1-37-34-79-70(99-37)82-61(88)22-7-40-31-58(85-91)73(4)28-25-46-43-16-19-55(67(76)52(43)13-10-49(46)64(40)73)95-98(94,96-56-20-17-44-47-26-29-74(5)59(86-92)32-41(65(74)50(47)11-14-53(44)68(56)77)8-23-62(89)83-71-80-35-38(2)100-71)97-57-21-18-45-48-27-30-75(6)60(87-93)33-42(66(75)51(48)12-15-54(45)69(57)78)9-24-63(90)84-72-81-36-39(3)101-72/h16-21,34-36,40-42,46-51,64-66,91-93H,7-15,22-33H2,1-6H3,(H,79,82,88)(H,80,83,89)(H,81,84,90)/b85-58+,86-59+,87-60+/t40-,41-,42-,46?,47?,48?,49?,50?,51?,64?,65?,66?,73-,74-,75-,98?/m1/s1. The Hall–Kier alpha value is -5.56. The summed E-state index contributed by atoms with van der Waals surface area (Å²) in [6.45, 7) is 12.7. The molecule has 9 unspecified atom stereocenters. The van der Waals surface area contributed by atoms with Gasteiger partial charge in [0.15, 0.2) is 15.4 Å². The molecule has 0 saturated heterocycles. The van der Waals surface area contributed by atoms with Gasteiger partial charge >= 0.3 is 7.82 Å². The van der Waals surface area contributed by atoms with Crippen LogP contribution < -0.4 is 29.5 Å². The van der Waals surface area contributed by atoms with Crippen molar-refractivity contribution < 1.29 is 48.1 Å². The molecule has 3 aromatic carbocycles. The largest absolute Gasteiger partial charge is 0.647 e. The van der Waals surface area contributed by atoms with Gasteiger partial charge in [0.1, 0.15) is 17.2 Å². The smallest absolute Gasteiger partial charge is 0.411 e. The number of nitrogens with one attached hydrogen (secondary N) is 3. The number of carbonyl (C=O) groups excluding carboxylic acids is 3. The minimum atomic E-state index is -4.71. The fourth-order valence-electron chi connectivity index (χ4n) is 21.7. The van der Waals surface area contributed by atoms with E-state index in [-0.39, 0.29) is 105 Å². The molecule has 6 fully saturated rings. The van der Waals surface area contributed by atoms with Crippen LogP contribution >= 0.6 is 89.6 Å². The van der Waals surface area contributed by atoms with Crippen molar-refractivity contribution in [3.05, 3.63) is 116 Å². The minimum Gasteiger partial charge on any atom is -0.411 e. The van der Waals surface area contributed by atoms with Gasteiger partial charge in [-0.3, -0.25) is 14.4 Å². The first kappa shape index (κ1) is 71.1. The van der Waals surface area contributed by atoms with E-state index in [9.17, 15) is 30.0 Å². The summed E-state index contributed by atoms with van der Waals surface area (Å²) in [5, 5.41) is 54.1. The summed E-state index contributed by atoms with van der Waals surface area (Å²) in [6.07, 6.45) is 20.1. The van der Waals surface area contributed by atoms with Crippen molar-refractivity contribution in [1.82, 2.24) is 15.0 Å². The van der Waals surface area contributed by atoms with Crippen LogP contribution in [0.15, 0.2) is 83.9 Å². The van der Waals surface area contributed by atoms with Crippen LogP contribution in [0.2, 0.25) is 0 Å². The highest BCUT2D eigenvalue weighted by Crippen LogP contribution is 2.68. The van der Waals surface area contributed by atoms with Gasteiger partial charge < -0.3 is 45.1 Å². The normalized spacial score (nSPS) is 32.2. The second kappa shape index (κ2) is 28.1. The van der Waals surface area contributed by atoms with E-state index in [1.165, 1.54) is 50.7 Å². The van der Waals surface area contributed by atoms with Crippen LogP contribution in [-0.4, -0.2) is 65.4 Å². The first-order valence-electron chi connectivity index (χ1n) is 35.9. The Balaban J connectivity index is 0.715. The lowest BCUT2D eigenvalue weighted by molar-refractivity contribution is -0.117. The van der Waals surface area contributed by atoms with E-state index < -0.39 is 7.82 Å². The first-order chi connectivity index (χ1) is 48.5. The Morgan fingerprint density at radius 1 is 0.495 bits per heavy atom. The average molecular weight is 1640 g/mol. The van der Waals surface area contributed by atoms with E-state index in [2.05, 4.69) is 133 Å². The summed E-state index contributed by atoms with van der Waals surface area (Å²) in [4.78, 5) is 56.3. The van der Waals surface area contributed by atoms with Crippen molar-refractivity contribution in [2.75, 3.05) is 16.0 Å². The van der Waals surface area contributed by atoms with Gasteiger partial charge in [0, 0.05) is 68.7 Å². The Bertz CT molecular complexity index is 4000. The van der Waals surface area contributed by atoms with E-state index in [0.29, 0.717) is 123 Å². The topological polar surface area (TPSA) is 268 Å². The minimum absolute atomic E-state index is 0.0646. The molecule has 9 aliphatic carbocycles. The van der Waals surface area contributed by atoms with Gasteiger partial charge in [-0.2, -0.15) is 4.57 Å². The molecule has 0 spiro atoms. The molecule has 0 bridgehead atoms. The molecular weight excluding hydrogens is 1550 g/mol. The number of carbonyl (C=O) groups is 3. The predicted octanol–water partition coefficient (Wildman–Crippen LogP) is 19.9. The second-order valence-corrected chi connectivity index (χ2v) is 38.6. The third kappa shape index (κ3) is 13.0. The zero-order chi connectivity index (χ0) is 70.6. The maximum absolute atomic E-state index is 16.5. The molecule has 536 valence electrons. The Morgan fingerprint density at radius 2 is 0.782 bits per heavy atom. The van der Waals surface area contributed by atoms with E-state index in [1.807, 2.05) is 39.0 Å². The van der Waals surface area contributed by atoms with Crippen LogP contribution in [-0.2, 0) is 38.2 Å². The van der Waals surface area contributed by atoms with Crippen molar-refractivity contribution in [2.24, 2.45) is 85.0 Å². The molecule has 3 heterocycles. The van der Waals surface area contributed by atoms with Crippen molar-refractivity contribution in [2.45, 2.75) is 194 Å². The maximum atomic E-state index is 16.5. The summed E-state index contributed by atoms with van der Waals surface area (Å²) < 4.78 is 39.2. The highest BCUT2D eigenvalue weighted by atomic mass is 79.9. The summed E-state index contributed by atoms with van der Waals surface area (Å²) in [5.41, 5.74) is 8.41. The number of thiazole rings is 3. The lowest BCUT2D eigenvalue weighted by Gasteiger charge is -2.50. The van der Waals surface area contributed by atoms with Crippen LogP contribution in [0.1, 0.15) is 202 Å². The molecule has 19 nitrogen and oxygen atoms in total. The molecule has 6 aromatic rings. The van der Waals surface area contributed by atoms with Gasteiger partial charge in [0.05, 0.1) is 30.6 Å². The molecule has 3 aromatic heterocycles. The van der Waals surface area contributed by atoms with E-state index in [1.54, 1.807) is 18.6 Å². The molecule has 15 rings (SSSR count). The number of aromatic nitrogens is 3. The fourth-order valence-corrected chi connectivity index (χ4v) is 27.3. The molecule has 101 heavy (non-hydrogen) atoms. The number of phosphoric acid groups is 1. The number of oxime groups is 3. The number of amides is 3. The van der Waals surface area contributed by atoms with Gasteiger partial charge in [0.2, 0.25) is 17.7 Å². The van der Waals surface area contributed by atoms with Crippen molar-refractivity contribution >= 4 is 140 Å². The molecular formula is C75H87Br3N9O10PS3. The highest BCUT2D eigenvalue weighted by Gasteiger charge is 2.61. The van der Waals surface area contributed by atoms with Gasteiger partial charge in [-0.25, -0.2) is 15.0 Å². The van der Waals surface area contributed by atoms with Crippen LogP contribution in [0.4, 0.5) is 15.4 Å². The maximum Gasteiger partial charge on any atom is 0.647 e. The SMILES string of the molecule is Cc1cnc(NC(=O)CC[C@@H]2C/C(=N\O)[C@@]3(C)CCC4c5ccc(OP(=O)(Oc6ccc7c(c6Br)CCC6C7CC[C@]7(C)/C(=N/O)C[C@@H](CCC(=O)Nc8ncc(C)s8)C67)Oc6ccc7c(c6Br)CCC6C7CC[C@]7(C)/C(=N/O)C[C@@H](CCC(=O)Nc8ncc(C)s8)C67)c(Br)c5CCC4C23)s1. The number of rotatable bonds is 18. The van der Waals surface area contributed by atoms with Crippen molar-refractivity contribution in [3.63, 3.8) is 0 Å². The van der Waals surface area contributed by atoms with Gasteiger partial charge in [-0.05, 0) is 307 Å². The van der Waals surface area contributed by atoms with Gasteiger partial charge in [0.25, 0.3) is 0 Å². The Morgan fingerprint density at radius 3 is 1.04 bits per heavy atom. The quantitative estimate of drug-likeness (QED) is 0.0266. The number of benzene rings is 3. The molecule has 9 aliphatic rings. The van der Waals surface area contributed by atoms with Crippen molar-refractivity contribution in [1.29, 1.82) is 0 Å².